The maximum Gasteiger partial charge on any atom is 0.410 e. The van der Waals surface area contributed by atoms with Gasteiger partial charge in [-0.25, -0.2) is 44.2 Å². The van der Waals surface area contributed by atoms with Crippen LogP contribution in [0.3, 0.4) is 0 Å². The number of oxazole rings is 1. The Morgan fingerprint density at radius 3 is 2.20 bits per heavy atom. The Bertz CT molecular complexity index is 5500. The Kier molecular flexibility index (Phi) is 32.3. The van der Waals surface area contributed by atoms with Gasteiger partial charge in [0.05, 0.1) is 73.8 Å². The highest BCUT2D eigenvalue weighted by Crippen LogP contribution is 2.40. The third-order valence-electron chi connectivity index (χ3n) is 28.5. The van der Waals surface area contributed by atoms with E-state index in [0.29, 0.717) is 213 Å². The van der Waals surface area contributed by atoms with Crippen LogP contribution in [0.5, 0.6) is 0 Å². The summed E-state index contributed by atoms with van der Waals surface area (Å²) in [6.45, 7) is 19.4. The first-order chi connectivity index (χ1) is 65.0. The highest BCUT2D eigenvalue weighted by atomic mass is 16.6. The van der Waals surface area contributed by atoms with E-state index in [2.05, 4.69) is 57.8 Å². The van der Waals surface area contributed by atoms with Crippen molar-refractivity contribution in [1.82, 2.24) is 69.2 Å². The molecule has 4 amide bonds. The molecule has 2 aromatic carbocycles. The molecule has 12 heterocycles. The van der Waals surface area contributed by atoms with Gasteiger partial charge in [-0.15, -0.1) is 0 Å². The van der Waals surface area contributed by atoms with E-state index in [-0.39, 0.29) is 68.4 Å². The lowest BCUT2D eigenvalue weighted by Crippen LogP contribution is -2.61. The number of fused-ring (bicyclic) bond motifs is 7. The molecule has 9 N–H and O–H groups in total. The van der Waals surface area contributed by atoms with E-state index >= 15 is 0 Å². The van der Waals surface area contributed by atoms with Gasteiger partial charge >= 0.3 is 12.1 Å². The molecule has 5 aromatic heterocycles. The summed E-state index contributed by atoms with van der Waals surface area (Å²) >= 11 is 0. The summed E-state index contributed by atoms with van der Waals surface area (Å²) in [6, 6.07) is 9.85. The van der Waals surface area contributed by atoms with Crippen molar-refractivity contribution >= 4 is 87.2 Å². The van der Waals surface area contributed by atoms with E-state index < -0.39 is 114 Å². The molecule has 135 heavy (non-hydrogen) atoms. The topological polar surface area (TPSA) is 467 Å². The molecule has 7 aromatic rings. The summed E-state index contributed by atoms with van der Waals surface area (Å²) in [7, 11) is 4.64. The average Bonchev–Trinajstić information content (AvgIpc) is 1.70. The molecule has 37 nitrogen and oxygen atoms in total. The van der Waals surface area contributed by atoms with Gasteiger partial charge in [0.15, 0.2) is 17.0 Å². The van der Waals surface area contributed by atoms with E-state index in [0.717, 1.165) is 52.2 Å². The number of esters is 1. The number of Topliss-reactive ketones (excluding diaryl/α,β-unsaturated/α-hetero) is 2. The van der Waals surface area contributed by atoms with Gasteiger partial charge < -0.3 is 99.5 Å². The number of hydrogen-bond donors (Lipinski definition) is 6. The van der Waals surface area contributed by atoms with Gasteiger partial charge in [0.2, 0.25) is 23.6 Å². The fourth-order valence-electron chi connectivity index (χ4n) is 20.2. The minimum absolute atomic E-state index is 0.0237. The van der Waals surface area contributed by atoms with Gasteiger partial charge in [0, 0.05) is 179 Å². The minimum Gasteiger partial charge on any atom is -0.459 e. The van der Waals surface area contributed by atoms with Crippen LogP contribution in [-0.4, -0.2) is 306 Å². The highest BCUT2D eigenvalue weighted by molar-refractivity contribution is 6.39. The number of aliphatic hydroxyl groups is 3. The van der Waals surface area contributed by atoms with Crippen molar-refractivity contribution in [2.75, 3.05) is 134 Å². The molecule has 15 rings (SSSR count). The molecule has 1 aliphatic carbocycles. The number of allylic oxidation sites excluding steroid dienone is 5. The van der Waals surface area contributed by atoms with Crippen molar-refractivity contribution in [2.24, 2.45) is 35.3 Å². The Morgan fingerprint density at radius 1 is 0.681 bits per heavy atom. The number of benzene rings is 2. The Morgan fingerprint density at radius 2 is 1.43 bits per heavy atom. The quantitative estimate of drug-likeness (QED) is 0.0195. The van der Waals surface area contributed by atoms with Crippen LogP contribution >= 0.6 is 0 Å². The van der Waals surface area contributed by atoms with Crippen LogP contribution in [0.15, 0.2) is 113 Å². The summed E-state index contributed by atoms with van der Waals surface area (Å²) < 4.78 is 50.4. The maximum atomic E-state index is 15.0. The van der Waals surface area contributed by atoms with Crippen LogP contribution in [0.1, 0.15) is 163 Å². The van der Waals surface area contributed by atoms with Gasteiger partial charge in [0.25, 0.3) is 23.6 Å². The van der Waals surface area contributed by atoms with Crippen LogP contribution in [0.2, 0.25) is 0 Å². The molecule has 37 heteroatoms. The van der Waals surface area contributed by atoms with Crippen LogP contribution in [0.25, 0.3) is 33.4 Å². The molecule has 8 aliphatic rings. The number of carbonyl (C=O) groups is 7. The first-order valence-corrected chi connectivity index (χ1v) is 47.6. The summed E-state index contributed by atoms with van der Waals surface area (Å²) in [5.74, 6) is -6.69. The molecular formula is C98H131N19O18. The molecule has 726 valence electrons. The molecule has 5 fully saturated rings. The monoisotopic (exact) mass is 1860 g/mol. The van der Waals surface area contributed by atoms with Crippen LogP contribution in [-0.2, 0) is 89.6 Å². The second-order valence-corrected chi connectivity index (χ2v) is 37.8. The lowest BCUT2D eigenvalue weighted by Gasteiger charge is -2.43. The van der Waals surface area contributed by atoms with Crippen molar-refractivity contribution in [2.45, 2.75) is 224 Å². The summed E-state index contributed by atoms with van der Waals surface area (Å²) in [5.41, 5.74) is 29.2. The SMILES string of the molecule is CO[C@H]1C[C@@H]2CC[C@@H](C)[C@@](O)(O2)C(=O)C(=O)N2CCCC[C@H]2C(=O)O[C@H]([C@H](N)C[C@@H]2CC[C@@H](OC(=O)N3CCc4nc(N5CCN(C(=O)CCOCCN6CCN(c7ncc(C(=O)N8CCc9cc(Cn%10nc(-c%11ccc%12oc(N)nc%12c%11)c%11c(N)ncnc%11%10)ccc9C8)cn7)CC6)CC5)ncc4C3)[C@H](OC)C2)C[C@@H](OC)[C@H](C)/C=C(\C)[C@@H](O)[C@@H](O)C(=O)[C@H](C)C[C@H](C)/C=C/C=C/C=C/1C. The van der Waals surface area contributed by atoms with Crippen LogP contribution < -0.4 is 27.0 Å². The molecule has 2 bridgehead atoms. The van der Waals surface area contributed by atoms with Crippen molar-refractivity contribution in [3.05, 3.63) is 142 Å². The standard InChI is InChI=1S/C98H131N19O18/c1-58-15-11-10-12-16-59(2)78(128-7)49-71-23-18-63(6)98(127,135-71)88(122)92(124)116-29-14-13-17-75(116)93(125)132-80(50-79(129-8)60(3)44-62(5)86(120)87(121)85(119)61(4)43-58)72(99)46-64-20-24-77(81(47-64)130-9)134-97(126)115-31-27-73-70(56-115)53-104-96(108-73)113-38-36-111(37-39-113)82(118)28-41-131-42-40-110-32-34-112(35-33-110)95-102-51-69(52-103-95)91(123)114-30-26-66-45-65(19-21-68(66)55-114)54-117-90-83(89(100)105-57-106-90)84(109-117)67-22-25-76-74(48-67)107-94(101)133-76/h10-12,15-16,19,21-22,25,44-45,48,51-53,57-58,60-61,63-64,71-72,75,77-81,86-87,120-121,127H,13-14,17-18,20,23-24,26-43,46-47,49-50,54-56,99H2,1-9H3,(H2,101,107)(H2,100,105,106)/b12-10+,15-11+,59-16+,62-44+/t58-,60-,61-,63-,64+,71+,72-,75+,77-,78+,79-,80+,81-,86-,87+,98-/m1/s1. The number of hydrogen-bond acceptors (Lipinski definition) is 32. The lowest BCUT2D eigenvalue weighted by atomic mass is 9.80. The zero-order valence-corrected chi connectivity index (χ0v) is 78.9. The molecule has 1 saturated carbocycles. The third kappa shape index (κ3) is 23.2. The number of amides is 4. The van der Waals surface area contributed by atoms with Crippen molar-refractivity contribution in [3.63, 3.8) is 0 Å². The van der Waals surface area contributed by atoms with Crippen molar-refractivity contribution in [1.29, 1.82) is 0 Å². The number of aromatic nitrogens is 9. The van der Waals surface area contributed by atoms with Gasteiger partial charge in [0.1, 0.15) is 53.8 Å². The first kappa shape index (κ1) is 98.4. The number of nitrogens with zero attached hydrogens (tertiary/aromatic N) is 16. The molecular weight excluding hydrogens is 1730 g/mol. The largest absolute Gasteiger partial charge is 0.459 e. The number of cyclic esters (lactones) is 1. The fraction of sp³-hybridized carbons (Fsp3) is 0.582. The fourth-order valence-corrected chi connectivity index (χ4v) is 20.2. The number of ether oxygens (including phenoxy) is 7. The second-order valence-electron chi connectivity index (χ2n) is 37.8. The zero-order chi connectivity index (χ0) is 95.5. The van der Waals surface area contributed by atoms with E-state index in [9.17, 15) is 48.9 Å². The molecule has 0 spiro atoms. The number of anilines is 4. The number of carbonyl (C=O) groups excluding carboxylic acids is 7. The highest BCUT2D eigenvalue weighted by Gasteiger charge is 2.54. The van der Waals surface area contributed by atoms with Gasteiger partial charge in [-0.3, -0.25) is 28.9 Å². The maximum absolute atomic E-state index is 15.0. The summed E-state index contributed by atoms with van der Waals surface area (Å²) in [5, 5.41) is 40.7. The number of ketones is 2. The predicted octanol–water partition coefficient (Wildman–Crippen LogP) is 7.68. The number of aliphatic hydroxyl groups excluding tert-OH is 2. The Labute approximate surface area is 786 Å². The number of piperidine rings is 1. The van der Waals surface area contributed by atoms with Crippen molar-refractivity contribution < 1.29 is 86.5 Å². The van der Waals surface area contributed by atoms with E-state index in [1.165, 1.54) is 18.3 Å². The summed E-state index contributed by atoms with van der Waals surface area (Å²) in [4.78, 5) is 145. The minimum atomic E-state index is -2.49. The third-order valence-corrected chi connectivity index (χ3v) is 28.5. The van der Waals surface area contributed by atoms with Gasteiger partial charge in [-0.05, 0) is 142 Å². The second kappa shape index (κ2) is 44.3. The molecule has 7 aliphatic heterocycles. The van der Waals surface area contributed by atoms with Gasteiger partial charge in [-0.1, -0.05) is 82.4 Å². The van der Waals surface area contributed by atoms with Crippen molar-refractivity contribution in [3.8, 4) is 11.3 Å². The van der Waals surface area contributed by atoms with E-state index in [4.69, 9.17) is 69.8 Å². The predicted molar refractivity (Wildman–Crippen MR) is 501 cm³/mol. The van der Waals surface area contributed by atoms with Crippen LogP contribution in [0, 0.1) is 29.6 Å². The lowest BCUT2D eigenvalue weighted by molar-refractivity contribution is -0.265. The van der Waals surface area contributed by atoms with E-state index in [1.807, 2.05) is 77.8 Å². The Balaban J connectivity index is 0.485. The number of rotatable bonds is 19. The number of piperazine rings is 2. The smallest absolute Gasteiger partial charge is 0.410 e. The molecule has 0 unspecified atom stereocenters. The number of nitrogen functional groups attached to an aromatic ring is 2. The first-order valence-electron chi connectivity index (χ1n) is 47.6. The normalized spacial score (nSPS) is 28.7. The molecule has 4 saturated heterocycles. The average molecular weight is 1860 g/mol. The summed E-state index contributed by atoms with van der Waals surface area (Å²) in [6.07, 6.45) is 15.8. The van der Waals surface area contributed by atoms with Gasteiger partial charge in [-0.2, -0.15) is 10.1 Å². The molecule has 16 atom stereocenters. The Hall–Kier alpha value is -11.1. The van der Waals surface area contributed by atoms with E-state index in [1.54, 1.807) is 70.6 Å². The van der Waals surface area contributed by atoms with Crippen LogP contribution in [0.4, 0.5) is 28.5 Å². The number of methoxy groups -OCH3 is 3. The zero-order valence-electron chi connectivity index (χ0n) is 78.9. The number of nitrogens with two attached hydrogens (primary N) is 3. The molecule has 0 radical (unpaired) electrons.